The first-order chi connectivity index (χ1) is 8.35. The fourth-order valence-corrected chi connectivity index (χ4v) is 1.85. The number of hydrogen-bond acceptors (Lipinski definition) is 3. The molecule has 1 atom stereocenters. The number of aromatic nitrogens is 3. The number of aliphatic hydroxyl groups excluding tert-OH is 1. The minimum atomic E-state index is -0.144. The standard InChI is InChI=1S/C13H17N3O/c1-2-6-12-9-16(15-14-12)13(10-17)11-7-4-3-5-8-11/h3-5,7-9,13,17H,2,6,10H2,1H3. The summed E-state index contributed by atoms with van der Waals surface area (Å²) in [5.74, 6) is 0. The fraction of sp³-hybridized carbons (Fsp3) is 0.385. The van der Waals surface area contributed by atoms with Gasteiger partial charge in [0.25, 0.3) is 0 Å². The lowest BCUT2D eigenvalue weighted by Crippen LogP contribution is -2.15. The van der Waals surface area contributed by atoms with Crippen molar-refractivity contribution < 1.29 is 5.11 Å². The molecule has 0 aliphatic heterocycles. The zero-order chi connectivity index (χ0) is 12.1. The molecule has 1 heterocycles. The van der Waals surface area contributed by atoms with Crippen molar-refractivity contribution in [1.29, 1.82) is 0 Å². The van der Waals surface area contributed by atoms with Crippen molar-refractivity contribution in [2.45, 2.75) is 25.8 Å². The van der Waals surface area contributed by atoms with Crippen LogP contribution in [0.1, 0.15) is 30.6 Å². The van der Waals surface area contributed by atoms with E-state index in [0.717, 1.165) is 24.1 Å². The Balaban J connectivity index is 2.23. The van der Waals surface area contributed by atoms with Gasteiger partial charge in [-0.1, -0.05) is 48.9 Å². The molecule has 0 saturated carbocycles. The predicted octanol–water partition coefficient (Wildman–Crippen LogP) is 1.81. The lowest BCUT2D eigenvalue weighted by atomic mass is 10.1. The molecule has 4 nitrogen and oxygen atoms in total. The van der Waals surface area contributed by atoms with Crippen LogP contribution in [0.5, 0.6) is 0 Å². The van der Waals surface area contributed by atoms with Gasteiger partial charge in [-0.3, -0.25) is 0 Å². The summed E-state index contributed by atoms with van der Waals surface area (Å²) in [4.78, 5) is 0. The molecule has 2 aromatic rings. The minimum Gasteiger partial charge on any atom is -0.394 e. The molecular formula is C13H17N3O. The van der Waals surface area contributed by atoms with Crippen molar-refractivity contribution in [3.8, 4) is 0 Å². The summed E-state index contributed by atoms with van der Waals surface area (Å²) in [6.45, 7) is 2.14. The summed E-state index contributed by atoms with van der Waals surface area (Å²) in [6.07, 6.45) is 3.89. The van der Waals surface area contributed by atoms with Crippen molar-refractivity contribution in [1.82, 2.24) is 15.0 Å². The van der Waals surface area contributed by atoms with Crippen LogP contribution < -0.4 is 0 Å². The molecule has 1 unspecified atom stereocenters. The van der Waals surface area contributed by atoms with Crippen LogP contribution in [-0.4, -0.2) is 26.7 Å². The number of nitrogens with zero attached hydrogens (tertiary/aromatic N) is 3. The first-order valence-electron chi connectivity index (χ1n) is 5.91. The average Bonchev–Trinajstić information content (AvgIpc) is 2.81. The van der Waals surface area contributed by atoms with Crippen molar-refractivity contribution in [3.05, 3.63) is 47.8 Å². The average molecular weight is 231 g/mol. The van der Waals surface area contributed by atoms with Crippen LogP contribution in [0.25, 0.3) is 0 Å². The lowest BCUT2D eigenvalue weighted by Gasteiger charge is -2.13. The second kappa shape index (κ2) is 5.59. The predicted molar refractivity (Wildman–Crippen MR) is 65.7 cm³/mol. The third kappa shape index (κ3) is 2.71. The van der Waals surface area contributed by atoms with Gasteiger partial charge < -0.3 is 5.11 Å². The summed E-state index contributed by atoms with van der Waals surface area (Å²) < 4.78 is 1.74. The Morgan fingerprint density at radius 2 is 2.06 bits per heavy atom. The van der Waals surface area contributed by atoms with Gasteiger partial charge in [-0.05, 0) is 12.0 Å². The molecule has 17 heavy (non-hydrogen) atoms. The van der Waals surface area contributed by atoms with Gasteiger partial charge in [0, 0.05) is 6.20 Å². The number of benzene rings is 1. The fourth-order valence-electron chi connectivity index (χ4n) is 1.85. The third-order valence-electron chi connectivity index (χ3n) is 2.74. The zero-order valence-corrected chi connectivity index (χ0v) is 9.95. The van der Waals surface area contributed by atoms with Crippen LogP contribution in [0.2, 0.25) is 0 Å². The highest BCUT2D eigenvalue weighted by atomic mass is 16.3. The van der Waals surface area contributed by atoms with E-state index in [-0.39, 0.29) is 12.6 Å². The van der Waals surface area contributed by atoms with E-state index in [1.807, 2.05) is 36.5 Å². The highest BCUT2D eigenvalue weighted by molar-refractivity contribution is 5.19. The van der Waals surface area contributed by atoms with E-state index in [0.29, 0.717) is 0 Å². The van der Waals surface area contributed by atoms with Crippen molar-refractivity contribution in [2.75, 3.05) is 6.61 Å². The Morgan fingerprint density at radius 1 is 1.29 bits per heavy atom. The molecule has 0 radical (unpaired) electrons. The Labute approximate surface area is 101 Å². The minimum absolute atomic E-state index is 0.0267. The largest absolute Gasteiger partial charge is 0.394 e. The Morgan fingerprint density at radius 3 is 2.71 bits per heavy atom. The second-order valence-electron chi connectivity index (χ2n) is 4.05. The van der Waals surface area contributed by atoms with Gasteiger partial charge in [-0.15, -0.1) is 5.10 Å². The number of aryl methyl sites for hydroxylation is 1. The second-order valence-corrected chi connectivity index (χ2v) is 4.05. The lowest BCUT2D eigenvalue weighted by molar-refractivity contribution is 0.239. The Kier molecular flexibility index (Phi) is 3.88. The number of hydrogen-bond donors (Lipinski definition) is 1. The molecule has 0 fully saturated rings. The maximum absolute atomic E-state index is 9.48. The first kappa shape index (κ1) is 11.8. The van der Waals surface area contributed by atoms with E-state index in [4.69, 9.17) is 0 Å². The van der Waals surface area contributed by atoms with Gasteiger partial charge in [0.05, 0.1) is 12.3 Å². The molecule has 0 bridgehead atoms. The van der Waals surface area contributed by atoms with Crippen LogP contribution in [0.15, 0.2) is 36.5 Å². The molecule has 0 saturated heterocycles. The number of rotatable bonds is 5. The normalized spacial score (nSPS) is 12.6. The van der Waals surface area contributed by atoms with Crippen LogP contribution >= 0.6 is 0 Å². The van der Waals surface area contributed by atoms with Crippen molar-refractivity contribution >= 4 is 0 Å². The Bertz CT molecular complexity index is 453. The van der Waals surface area contributed by atoms with E-state index in [1.54, 1.807) is 4.68 Å². The summed E-state index contributed by atoms with van der Waals surface area (Å²) >= 11 is 0. The molecule has 1 N–H and O–H groups in total. The maximum Gasteiger partial charge on any atom is 0.102 e. The van der Waals surface area contributed by atoms with Gasteiger partial charge in [-0.2, -0.15) is 0 Å². The molecule has 1 aromatic heterocycles. The van der Waals surface area contributed by atoms with E-state index in [9.17, 15) is 5.11 Å². The van der Waals surface area contributed by atoms with Crippen molar-refractivity contribution in [2.24, 2.45) is 0 Å². The van der Waals surface area contributed by atoms with E-state index in [2.05, 4.69) is 17.2 Å². The summed E-state index contributed by atoms with van der Waals surface area (Å²) in [5, 5.41) is 17.7. The molecule has 90 valence electrons. The smallest absolute Gasteiger partial charge is 0.102 e. The Hall–Kier alpha value is -1.68. The summed E-state index contributed by atoms with van der Waals surface area (Å²) in [6, 6.07) is 9.71. The van der Waals surface area contributed by atoms with Crippen LogP contribution in [0, 0.1) is 0 Å². The number of aliphatic hydroxyl groups is 1. The van der Waals surface area contributed by atoms with Gasteiger partial charge in [-0.25, -0.2) is 4.68 Å². The molecule has 2 rings (SSSR count). The van der Waals surface area contributed by atoms with Crippen LogP contribution in [0.3, 0.4) is 0 Å². The molecule has 0 spiro atoms. The molecule has 4 heteroatoms. The van der Waals surface area contributed by atoms with Crippen LogP contribution in [-0.2, 0) is 6.42 Å². The van der Waals surface area contributed by atoms with Gasteiger partial charge >= 0.3 is 0 Å². The van der Waals surface area contributed by atoms with Gasteiger partial charge in [0.1, 0.15) is 6.04 Å². The zero-order valence-electron chi connectivity index (χ0n) is 9.95. The first-order valence-corrected chi connectivity index (χ1v) is 5.91. The van der Waals surface area contributed by atoms with E-state index < -0.39 is 0 Å². The molecule has 0 aliphatic carbocycles. The topological polar surface area (TPSA) is 50.9 Å². The molecule has 0 amide bonds. The summed E-state index contributed by atoms with van der Waals surface area (Å²) in [5.41, 5.74) is 2.02. The summed E-state index contributed by atoms with van der Waals surface area (Å²) in [7, 11) is 0. The van der Waals surface area contributed by atoms with Crippen molar-refractivity contribution in [3.63, 3.8) is 0 Å². The monoisotopic (exact) mass is 231 g/mol. The maximum atomic E-state index is 9.48. The van der Waals surface area contributed by atoms with Gasteiger partial charge in [0.15, 0.2) is 0 Å². The SMILES string of the molecule is CCCc1cn(C(CO)c2ccccc2)nn1. The molecular weight excluding hydrogens is 214 g/mol. The quantitative estimate of drug-likeness (QED) is 0.853. The highest BCUT2D eigenvalue weighted by Gasteiger charge is 2.13. The van der Waals surface area contributed by atoms with Gasteiger partial charge in [0.2, 0.25) is 0 Å². The van der Waals surface area contributed by atoms with E-state index >= 15 is 0 Å². The van der Waals surface area contributed by atoms with E-state index in [1.165, 1.54) is 0 Å². The third-order valence-corrected chi connectivity index (χ3v) is 2.74. The molecule has 1 aromatic carbocycles. The highest BCUT2D eigenvalue weighted by Crippen LogP contribution is 2.16. The molecule has 0 aliphatic rings. The van der Waals surface area contributed by atoms with Crippen LogP contribution in [0.4, 0.5) is 0 Å².